The lowest BCUT2D eigenvalue weighted by Crippen LogP contribution is -2.31. The number of benzene rings is 2. The van der Waals surface area contributed by atoms with E-state index in [9.17, 15) is 4.79 Å². The highest BCUT2D eigenvalue weighted by Crippen LogP contribution is 2.32. The predicted molar refractivity (Wildman–Crippen MR) is 114 cm³/mol. The summed E-state index contributed by atoms with van der Waals surface area (Å²) >= 11 is 3.05. The zero-order chi connectivity index (χ0) is 19.5. The van der Waals surface area contributed by atoms with Crippen LogP contribution < -0.4 is 9.64 Å². The Morgan fingerprint density at radius 3 is 2.68 bits per heavy atom. The maximum Gasteiger partial charge on any atom is 0.235 e. The van der Waals surface area contributed by atoms with Crippen molar-refractivity contribution >= 4 is 43.9 Å². The van der Waals surface area contributed by atoms with E-state index in [2.05, 4.69) is 4.98 Å². The highest BCUT2D eigenvalue weighted by molar-refractivity contribution is 7.22. The molecular formula is C21H19N3O2S2. The highest BCUT2D eigenvalue weighted by Gasteiger charge is 2.21. The third kappa shape index (κ3) is 4.05. The molecule has 0 bridgehead atoms. The van der Waals surface area contributed by atoms with Gasteiger partial charge in [0.25, 0.3) is 0 Å². The van der Waals surface area contributed by atoms with Crippen LogP contribution in [-0.2, 0) is 17.8 Å². The first kappa shape index (κ1) is 18.6. The van der Waals surface area contributed by atoms with Gasteiger partial charge < -0.3 is 4.74 Å². The molecule has 0 aliphatic carbocycles. The van der Waals surface area contributed by atoms with E-state index in [4.69, 9.17) is 9.72 Å². The number of amides is 1. The number of nitrogens with zero attached hydrogens (tertiary/aromatic N) is 3. The van der Waals surface area contributed by atoms with Gasteiger partial charge in [-0.15, -0.1) is 11.3 Å². The summed E-state index contributed by atoms with van der Waals surface area (Å²) in [6, 6.07) is 15.7. The topological polar surface area (TPSA) is 55.3 Å². The molecule has 0 N–H and O–H groups in total. The number of fused-ring (bicyclic) bond motifs is 1. The number of hydrogen-bond donors (Lipinski definition) is 0. The number of anilines is 1. The average molecular weight is 410 g/mol. The second-order valence-electron chi connectivity index (χ2n) is 6.33. The Morgan fingerprint density at radius 1 is 1.14 bits per heavy atom. The second-order valence-corrected chi connectivity index (χ2v) is 8.40. The number of aryl methyl sites for hydroxylation is 1. The van der Waals surface area contributed by atoms with Crippen LogP contribution in [0.2, 0.25) is 0 Å². The first-order chi connectivity index (χ1) is 13.6. The minimum atomic E-state index is -0.0137. The van der Waals surface area contributed by atoms with E-state index in [0.717, 1.165) is 32.2 Å². The molecule has 4 rings (SSSR count). The molecule has 7 heteroatoms. The van der Waals surface area contributed by atoms with Crippen molar-refractivity contribution in [2.45, 2.75) is 19.9 Å². The number of rotatable bonds is 6. The first-order valence-electron chi connectivity index (χ1n) is 8.82. The lowest BCUT2D eigenvalue weighted by Gasteiger charge is -2.19. The molecule has 0 atom stereocenters. The van der Waals surface area contributed by atoms with Gasteiger partial charge in [0.15, 0.2) is 5.13 Å². The van der Waals surface area contributed by atoms with Crippen LogP contribution in [0.3, 0.4) is 0 Å². The molecule has 0 radical (unpaired) electrons. The Balaban J connectivity index is 1.68. The summed E-state index contributed by atoms with van der Waals surface area (Å²) in [6.45, 7) is 2.42. The summed E-state index contributed by atoms with van der Waals surface area (Å²) in [4.78, 5) is 24.0. The van der Waals surface area contributed by atoms with E-state index < -0.39 is 0 Å². The van der Waals surface area contributed by atoms with Gasteiger partial charge in [0.05, 0.1) is 41.0 Å². The van der Waals surface area contributed by atoms with E-state index in [-0.39, 0.29) is 12.3 Å². The minimum Gasteiger partial charge on any atom is -0.497 e. The summed E-state index contributed by atoms with van der Waals surface area (Å²) in [5.41, 5.74) is 2.71. The van der Waals surface area contributed by atoms with Crippen LogP contribution in [0.25, 0.3) is 10.2 Å². The van der Waals surface area contributed by atoms with E-state index in [1.165, 1.54) is 11.3 Å². The molecule has 4 aromatic rings. The molecule has 0 aliphatic heterocycles. The van der Waals surface area contributed by atoms with Crippen LogP contribution in [0.4, 0.5) is 5.13 Å². The fourth-order valence-electron chi connectivity index (χ4n) is 2.90. The third-order valence-corrected chi connectivity index (χ3v) is 6.16. The quantitative estimate of drug-likeness (QED) is 0.457. The van der Waals surface area contributed by atoms with Gasteiger partial charge in [0.1, 0.15) is 5.75 Å². The number of thiazole rings is 2. The minimum absolute atomic E-state index is 0.0137. The monoisotopic (exact) mass is 409 g/mol. The molecule has 2 aromatic carbocycles. The van der Waals surface area contributed by atoms with Gasteiger partial charge in [-0.2, -0.15) is 0 Å². The zero-order valence-corrected chi connectivity index (χ0v) is 17.2. The van der Waals surface area contributed by atoms with Gasteiger partial charge in [-0.25, -0.2) is 9.97 Å². The van der Waals surface area contributed by atoms with Crippen molar-refractivity contribution in [1.82, 2.24) is 9.97 Å². The van der Waals surface area contributed by atoms with Crippen LogP contribution in [0.1, 0.15) is 16.3 Å². The molecule has 28 heavy (non-hydrogen) atoms. The molecule has 142 valence electrons. The summed E-state index contributed by atoms with van der Waals surface area (Å²) in [5.74, 6) is 0.766. The smallest absolute Gasteiger partial charge is 0.235 e. The van der Waals surface area contributed by atoms with Gasteiger partial charge in [-0.05, 0) is 30.7 Å². The van der Waals surface area contributed by atoms with E-state index in [1.54, 1.807) is 23.3 Å². The fraction of sp³-hybridized carbons (Fsp3) is 0.190. The molecule has 0 aliphatic rings. The molecule has 0 saturated heterocycles. The molecule has 5 nitrogen and oxygen atoms in total. The lowest BCUT2D eigenvalue weighted by atomic mass is 10.2. The van der Waals surface area contributed by atoms with Gasteiger partial charge in [0, 0.05) is 5.38 Å². The molecule has 0 unspecified atom stereocenters. The Labute approximate surface area is 171 Å². The number of methoxy groups -OCH3 is 1. The molecular weight excluding hydrogens is 390 g/mol. The lowest BCUT2D eigenvalue weighted by molar-refractivity contribution is -0.118. The van der Waals surface area contributed by atoms with Crippen molar-refractivity contribution in [3.63, 3.8) is 0 Å². The molecule has 0 spiro atoms. The molecule has 2 heterocycles. The van der Waals surface area contributed by atoms with Crippen LogP contribution in [0.15, 0.2) is 53.9 Å². The molecule has 2 aromatic heterocycles. The second kappa shape index (κ2) is 8.08. The fourth-order valence-corrected chi connectivity index (χ4v) is 4.53. The Hall–Kier alpha value is -2.77. The number of carbonyl (C=O) groups excluding carboxylic acids is 1. The largest absolute Gasteiger partial charge is 0.497 e. The van der Waals surface area contributed by atoms with E-state index in [0.29, 0.717) is 11.7 Å². The van der Waals surface area contributed by atoms with Crippen LogP contribution in [0.5, 0.6) is 5.75 Å². The van der Waals surface area contributed by atoms with Gasteiger partial charge in [0.2, 0.25) is 5.91 Å². The summed E-state index contributed by atoms with van der Waals surface area (Å²) in [7, 11) is 1.64. The number of aromatic nitrogens is 2. The first-order valence-corrected chi connectivity index (χ1v) is 10.5. The molecule has 1 amide bonds. The summed E-state index contributed by atoms with van der Waals surface area (Å²) in [5, 5.41) is 3.59. The normalized spacial score (nSPS) is 10.9. The van der Waals surface area contributed by atoms with Crippen molar-refractivity contribution in [3.8, 4) is 5.75 Å². The Kier molecular flexibility index (Phi) is 5.36. The van der Waals surface area contributed by atoms with Crippen molar-refractivity contribution in [1.29, 1.82) is 0 Å². The van der Waals surface area contributed by atoms with Gasteiger partial charge >= 0.3 is 0 Å². The predicted octanol–water partition coefficient (Wildman–Crippen LogP) is 4.85. The van der Waals surface area contributed by atoms with Crippen molar-refractivity contribution in [2.75, 3.05) is 12.0 Å². The van der Waals surface area contributed by atoms with Gasteiger partial charge in [-0.3, -0.25) is 9.69 Å². The van der Waals surface area contributed by atoms with Crippen molar-refractivity contribution < 1.29 is 9.53 Å². The highest BCUT2D eigenvalue weighted by atomic mass is 32.1. The van der Waals surface area contributed by atoms with Gasteiger partial charge in [-0.1, -0.05) is 41.7 Å². The number of hydrogen-bond acceptors (Lipinski definition) is 6. The molecule has 0 saturated carbocycles. The summed E-state index contributed by atoms with van der Waals surface area (Å²) < 4.78 is 6.30. The summed E-state index contributed by atoms with van der Waals surface area (Å²) in [6.07, 6.45) is 0.260. The number of carbonyl (C=O) groups is 1. The SMILES string of the molecule is COc1ccc2nc(N(Cc3ccccc3)C(=O)Cc3csc(C)n3)sc2c1. The average Bonchev–Trinajstić information content (AvgIpc) is 3.31. The van der Waals surface area contributed by atoms with Crippen LogP contribution in [-0.4, -0.2) is 23.0 Å². The maximum atomic E-state index is 13.2. The molecule has 0 fully saturated rings. The Bertz CT molecular complexity index is 1110. The zero-order valence-electron chi connectivity index (χ0n) is 15.6. The van der Waals surface area contributed by atoms with Crippen molar-refractivity contribution in [2.24, 2.45) is 0 Å². The standard InChI is InChI=1S/C21H19N3O2S2/c1-14-22-16(13-27-14)10-20(25)24(12-15-6-4-3-5-7-15)21-23-18-9-8-17(26-2)11-19(18)28-21/h3-9,11,13H,10,12H2,1-2H3. The van der Waals surface area contributed by atoms with E-state index in [1.807, 2.05) is 60.8 Å². The van der Waals surface area contributed by atoms with Crippen LogP contribution in [0, 0.1) is 6.92 Å². The van der Waals surface area contributed by atoms with Crippen LogP contribution >= 0.6 is 22.7 Å². The third-order valence-electron chi connectivity index (χ3n) is 4.30. The Morgan fingerprint density at radius 2 is 1.96 bits per heavy atom. The number of ether oxygens (including phenoxy) is 1. The van der Waals surface area contributed by atoms with E-state index >= 15 is 0 Å². The van der Waals surface area contributed by atoms with Crippen molar-refractivity contribution in [3.05, 3.63) is 70.2 Å². The maximum absolute atomic E-state index is 13.2.